The predicted molar refractivity (Wildman–Crippen MR) is 65.6 cm³/mol. The Kier molecular flexibility index (Phi) is 3.38. The lowest BCUT2D eigenvalue weighted by molar-refractivity contribution is -0.150. The number of amides is 1. The summed E-state index contributed by atoms with van der Waals surface area (Å²) in [5, 5.41) is 2.44. The van der Waals surface area contributed by atoms with Gasteiger partial charge in [-0.2, -0.15) is 0 Å². The Morgan fingerprint density at radius 1 is 1.47 bits per heavy atom. The first kappa shape index (κ1) is 12.0. The SMILES string of the molecule is CC1(C(=O)OCc2ccccc2)CSC(=O)N1. The minimum atomic E-state index is -0.892. The van der Waals surface area contributed by atoms with Gasteiger partial charge in [-0.05, 0) is 12.5 Å². The second-order valence-corrected chi connectivity index (χ2v) is 5.04. The highest BCUT2D eigenvalue weighted by molar-refractivity contribution is 8.14. The molecule has 1 unspecified atom stereocenters. The predicted octanol–water partition coefficient (Wildman–Crippen LogP) is 1.94. The number of nitrogens with one attached hydrogen (secondary N) is 1. The molecule has 0 aromatic heterocycles. The fourth-order valence-corrected chi connectivity index (χ4v) is 2.41. The van der Waals surface area contributed by atoms with Crippen LogP contribution in [0.1, 0.15) is 12.5 Å². The molecule has 0 bridgehead atoms. The van der Waals surface area contributed by atoms with Gasteiger partial charge in [-0.1, -0.05) is 42.1 Å². The maximum absolute atomic E-state index is 11.8. The van der Waals surface area contributed by atoms with Gasteiger partial charge < -0.3 is 10.1 Å². The van der Waals surface area contributed by atoms with E-state index >= 15 is 0 Å². The van der Waals surface area contributed by atoms with E-state index in [9.17, 15) is 9.59 Å². The van der Waals surface area contributed by atoms with Crippen LogP contribution < -0.4 is 5.32 Å². The van der Waals surface area contributed by atoms with Crippen LogP contribution in [0, 0.1) is 0 Å². The van der Waals surface area contributed by atoms with Crippen LogP contribution in [-0.4, -0.2) is 22.5 Å². The number of thioether (sulfide) groups is 1. The molecular weight excluding hydrogens is 238 g/mol. The summed E-state index contributed by atoms with van der Waals surface area (Å²) in [4.78, 5) is 22.9. The number of ether oxygens (including phenoxy) is 1. The van der Waals surface area contributed by atoms with E-state index in [0.29, 0.717) is 5.75 Å². The fraction of sp³-hybridized carbons (Fsp3) is 0.333. The molecule has 5 heteroatoms. The van der Waals surface area contributed by atoms with Gasteiger partial charge in [0.1, 0.15) is 12.1 Å². The van der Waals surface area contributed by atoms with Gasteiger partial charge in [0.05, 0.1) is 0 Å². The number of benzene rings is 1. The zero-order chi connectivity index (χ0) is 12.3. The Morgan fingerprint density at radius 3 is 2.76 bits per heavy atom. The second-order valence-electron chi connectivity index (χ2n) is 4.09. The summed E-state index contributed by atoms with van der Waals surface area (Å²) in [6, 6.07) is 9.45. The summed E-state index contributed by atoms with van der Waals surface area (Å²) in [5.74, 6) is 0.0270. The van der Waals surface area contributed by atoms with Crippen molar-refractivity contribution >= 4 is 23.0 Å². The zero-order valence-electron chi connectivity index (χ0n) is 9.43. The highest BCUT2D eigenvalue weighted by Gasteiger charge is 2.42. The van der Waals surface area contributed by atoms with Crippen molar-refractivity contribution < 1.29 is 14.3 Å². The molecule has 0 saturated carbocycles. The monoisotopic (exact) mass is 251 g/mol. The molecule has 1 saturated heterocycles. The van der Waals surface area contributed by atoms with Crippen molar-refractivity contribution in [1.29, 1.82) is 0 Å². The van der Waals surface area contributed by atoms with Crippen molar-refractivity contribution in [3.05, 3.63) is 35.9 Å². The number of hydrogen-bond acceptors (Lipinski definition) is 4. The summed E-state index contributed by atoms with van der Waals surface area (Å²) in [5.41, 5.74) is 0.0395. The average molecular weight is 251 g/mol. The second kappa shape index (κ2) is 4.79. The van der Waals surface area contributed by atoms with E-state index in [0.717, 1.165) is 17.3 Å². The molecule has 1 amide bonds. The summed E-state index contributed by atoms with van der Waals surface area (Å²) >= 11 is 1.10. The van der Waals surface area contributed by atoms with E-state index in [1.54, 1.807) is 6.92 Å². The quantitative estimate of drug-likeness (QED) is 0.834. The molecule has 1 aromatic rings. The number of rotatable bonds is 3. The molecule has 0 aliphatic carbocycles. The zero-order valence-corrected chi connectivity index (χ0v) is 10.3. The Morgan fingerprint density at radius 2 is 2.18 bits per heavy atom. The van der Waals surface area contributed by atoms with Crippen LogP contribution >= 0.6 is 11.8 Å². The van der Waals surface area contributed by atoms with Gasteiger partial charge in [0.15, 0.2) is 0 Å². The highest BCUT2D eigenvalue weighted by atomic mass is 32.2. The third kappa shape index (κ3) is 2.79. The highest BCUT2D eigenvalue weighted by Crippen LogP contribution is 2.24. The van der Waals surface area contributed by atoms with Gasteiger partial charge in [0.2, 0.25) is 0 Å². The van der Waals surface area contributed by atoms with Crippen LogP contribution in [-0.2, 0) is 16.1 Å². The van der Waals surface area contributed by atoms with Crippen LogP contribution in [0.25, 0.3) is 0 Å². The van der Waals surface area contributed by atoms with E-state index in [1.807, 2.05) is 30.3 Å². The van der Waals surface area contributed by atoms with Crippen LogP contribution in [0.3, 0.4) is 0 Å². The van der Waals surface area contributed by atoms with Gasteiger partial charge in [0.25, 0.3) is 5.24 Å². The molecule has 1 N–H and O–H groups in total. The van der Waals surface area contributed by atoms with E-state index < -0.39 is 5.54 Å². The first-order valence-corrected chi connectivity index (χ1v) is 6.25. The van der Waals surface area contributed by atoms with Gasteiger partial charge in [-0.15, -0.1) is 0 Å². The number of hydrogen-bond donors (Lipinski definition) is 1. The molecule has 1 aliphatic rings. The molecule has 0 radical (unpaired) electrons. The average Bonchev–Trinajstić information content (AvgIpc) is 2.69. The molecule has 1 aromatic carbocycles. The third-order valence-corrected chi connectivity index (χ3v) is 3.62. The minimum Gasteiger partial charge on any atom is -0.459 e. The van der Waals surface area contributed by atoms with Gasteiger partial charge in [0, 0.05) is 5.75 Å². The lowest BCUT2D eigenvalue weighted by Crippen LogP contribution is -2.48. The molecule has 90 valence electrons. The first-order valence-electron chi connectivity index (χ1n) is 5.26. The molecule has 0 spiro atoms. The number of carbonyl (C=O) groups is 2. The molecule has 1 atom stereocenters. The van der Waals surface area contributed by atoms with Gasteiger partial charge in [-0.25, -0.2) is 4.79 Å². The summed E-state index contributed by atoms with van der Waals surface area (Å²) in [6.45, 7) is 1.91. The van der Waals surface area contributed by atoms with E-state index in [4.69, 9.17) is 4.74 Å². The lowest BCUT2D eigenvalue weighted by atomic mass is 10.1. The van der Waals surface area contributed by atoms with Crippen molar-refractivity contribution in [3.63, 3.8) is 0 Å². The summed E-state index contributed by atoms with van der Waals surface area (Å²) < 4.78 is 5.20. The molecule has 4 nitrogen and oxygen atoms in total. The summed E-state index contributed by atoms with van der Waals surface area (Å²) in [7, 11) is 0. The van der Waals surface area contributed by atoms with E-state index in [-0.39, 0.29) is 17.8 Å². The summed E-state index contributed by atoms with van der Waals surface area (Å²) in [6.07, 6.45) is 0. The Hall–Kier alpha value is -1.49. The maximum atomic E-state index is 11.8. The normalized spacial score (nSPS) is 23.2. The number of esters is 1. The molecule has 1 fully saturated rings. The standard InChI is InChI=1S/C12H13NO3S/c1-12(8-17-11(15)13-12)10(14)16-7-9-5-3-2-4-6-9/h2-6H,7-8H2,1H3,(H,13,15). The molecule has 2 rings (SSSR count). The third-order valence-electron chi connectivity index (χ3n) is 2.53. The minimum absolute atomic E-state index is 0.177. The maximum Gasteiger partial charge on any atom is 0.332 e. The van der Waals surface area contributed by atoms with Crippen LogP contribution in [0.2, 0.25) is 0 Å². The van der Waals surface area contributed by atoms with Crippen molar-refractivity contribution in [3.8, 4) is 0 Å². The Balaban J connectivity index is 1.92. The van der Waals surface area contributed by atoms with Gasteiger partial charge >= 0.3 is 5.97 Å². The lowest BCUT2D eigenvalue weighted by Gasteiger charge is -2.20. The van der Waals surface area contributed by atoms with Gasteiger partial charge in [-0.3, -0.25) is 4.79 Å². The van der Waals surface area contributed by atoms with Crippen molar-refractivity contribution in [2.45, 2.75) is 19.1 Å². The van der Waals surface area contributed by atoms with E-state index in [1.165, 1.54) is 0 Å². The molecule has 17 heavy (non-hydrogen) atoms. The number of carbonyl (C=O) groups excluding carboxylic acids is 2. The largest absolute Gasteiger partial charge is 0.459 e. The first-order chi connectivity index (χ1) is 8.10. The molecular formula is C12H13NO3S. The van der Waals surface area contributed by atoms with Crippen molar-refractivity contribution in [2.24, 2.45) is 0 Å². The Labute approximate surface area is 104 Å². The van der Waals surface area contributed by atoms with Crippen LogP contribution in [0.5, 0.6) is 0 Å². The smallest absolute Gasteiger partial charge is 0.332 e. The van der Waals surface area contributed by atoms with Crippen LogP contribution in [0.15, 0.2) is 30.3 Å². The Bertz CT molecular complexity index is 435. The molecule has 1 heterocycles. The van der Waals surface area contributed by atoms with Crippen molar-refractivity contribution in [1.82, 2.24) is 5.32 Å². The van der Waals surface area contributed by atoms with E-state index in [2.05, 4.69) is 5.32 Å². The molecule has 1 aliphatic heterocycles. The topological polar surface area (TPSA) is 55.4 Å². The van der Waals surface area contributed by atoms with Crippen LogP contribution in [0.4, 0.5) is 4.79 Å². The fourth-order valence-electron chi connectivity index (χ4n) is 1.50. The van der Waals surface area contributed by atoms with Crippen molar-refractivity contribution in [2.75, 3.05) is 5.75 Å².